The van der Waals surface area contributed by atoms with Gasteiger partial charge in [0.05, 0.1) is 12.8 Å². The number of benzene rings is 1. The second-order valence-electron chi connectivity index (χ2n) is 5.75. The molecule has 2 aromatic rings. The summed E-state index contributed by atoms with van der Waals surface area (Å²) in [7, 11) is 1.49. The number of rotatable bonds is 7. The van der Waals surface area contributed by atoms with Gasteiger partial charge in [-0.15, -0.1) is 11.3 Å². The predicted octanol–water partition coefficient (Wildman–Crippen LogP) is 2.45. The van der Waals surface area contributed by atoms with Crippen molar-refractivity contribution in [3.63, 3.8) is 0 Å². The normalized spacial score (nSPS) is 11.8. The highest BCUT2D eigenvalue weighted by atomic mass is 32.1. The molecule has 25 heavy (non-hydrogen) atoms. The third-order valence-corrected chi connectivity index (χ3v) is 4.81. The molecule has 0 bridgehead atoms. The number of methoxy groups -OCH3 is 1. The highest BCUT2D eigenvalue weighted by Crippen LogP contribution is 2.27. The number of aliphatic hydroxyl groups is 1. The highest BCUT2D eigenvalue weighted by molar-refractivity contribution is 7.15. The summed E-state index contributed by atoms with van der Waals surface area (Å²) in [5.74, 6) is 0.283. The minimum atomic E-state index is -0.357. The smallest absolute Gasteiger partial charge is 0.321 e. The maximum Gasteiger partial charge on any atom is 0.321 e. The van der Waals surface area contributed by atoms with E-state index in [9.17, 15) is 15.0 Å². The molecule has 8 heteroatoms. The Morgan fingerprint density at radius 2 is 2.16 bits per heavy atom. The number of carbonyl (C=O) groups excluding carboxylic acids is 1. The molecule has 1 aromatic heterocycles. The van der Waals surface area contributed by atoms with Crippen molar-refractivity contribution >= 4 is 22.5 Å². The van der Waals surface area contributed by atoms with Gasteiger partial charge in [-0.05, 0) is 38.0 Å². The molecule has 0 aliphatic rings. The molecule has 4 N–H and O–H groups in total. The van der Waals surface area contributed by atoms with Crippen LogP contribution in [0, 0.1) is 19.8 Å². The Kier molecular flexibility index (Phi) is 6.60. The first-order chi connectivity index (χ1) is 11.9. The molecule has 0 spiro atoms. The number of urea groups is 1. The van der Waals surface area contributed by atoms with Crippen LogP contribution in [0.25, 0.3) is 0 Å². The van der Waals surface area contributed by atoms with Gasteiger partial charge in [-0.3, -0.25) is 5.32 Å². The van der Waals surface area contributed by atoms with E-state index < -0.39 is 0 Å². The minimum absolute atomic E-state index is 0.0527. The van der Waals surface area contributed by atoms with Crippen LogP contribution >= 0.6 is 11.3 Å². The van der Waals surface area contributed by atoms with E-state index in [4.69, 9.17) is 4.74 Å². The Bertz CT molecular complexity index is 713. The van der Waals surface area contributed by atoms with E-state index in [1.807, 2.05) is 19.9 Å². The van der Waals surface area contributed by atoms with Gasteiger partial charge in [0.25, 0.3) is 0 Å². The van der Waals surface area contributed by atoms with Crippen LogP contribution < -0.4 is 15.4 Å². The number of hydrogen-bond acceptors (Lipinski definition) is 6. The molecule has 1 heterocycles. The van der Waals surface area contributed by atoms with E-state index in [-0.39, 0.29) is 24.3 Å². The Hall–Kier alpha value is -2.32. The van der Waals surface area contributed by atoms with Crippen LogP contribution in [0.1, 0.15) is 16.1 Å². The molecule has 136 valence electrons. The fourth-order valence-electron chi connectivity index (χ4n) is 2.30. The standard InChI is InChI=1S/C17H23N3O4S/c1-10-11(2)25-17(19-10)20-16(23)18-8-13(9-21)6-12-4-5-15(24-3)14(22)7-12/h4-5,7,13,21-22H,6,8-9H2,1-3H3,(H2,18,19,20,23). The number of aryl methyl sites for hydroxylation is 2. The van der Waals surface area contributed by atoms with Gasteiger partial charge in [0.15, 0.2) is 16.6 Å². The first-order valence-corrected chi connectivity index (χ1v) is 8.70. The second-order valence-corrected chi connectivity index (χ2v) is 6.96. The summed E-state index contributed by atoms with van der Waals surface area (Å²) in [5, 5.41) is 25.3. The maximum atomic E-state index is 11.9. The average molecular weight is 365 g/mol. The lowest BCUT2D eigenvalue weighted by atomic mass is 9.99. The zero-order valence-electron chi connectivity index (χ0n) is 14.5. The molecule has 1 aromatic carbocycles. The van der Waals surface area contributed by atoms with Gasteiger partial charge in [-0.2, -0.15) is 0 Å². The second kappa shape index (κ2) is 8.68. The van der Waals surface area contributed by atoms with Gasteiger partial charge >= 0.3 is 6.03 Å². The summed E-state index contributed by atoms with van der Waals surface area (Å²) in [6.07, 6.45) is 0.518. The summed E-state index contributed by atoms with van der Waals surface area (Å²) in [5.41, 5.74) is 1.75. The largest absolute Gasteiger partial charge is 0.504 e. The molecule has 0 saturated carbocycles. The molecule has 0 fully saturated rings. The lowest BCUT2D eigenvalue weighted by Gasteiger charge is -2.16. The Labute approximate surface area is 150 Å². The van der Waals surface area contributed by atoms with Crippen molar-refractivity contribution in [2.45, 2.75) is 20.3 Å². The number of aromatic hydroxyl groups is 1. The van der Waals surface area contributed by atoms with E-state index in [2.05, 4.69) is 15.6 Å². The summed E-state index contributed by atoms with van der Waals surface area (Å²) in [4.78, 5) is 17.3. The summed E-state index contributed by atoms with van der Waals surface area (Å²) in [6.45, 7) is 4.06. The van der Waals surface area contributed by atoms with Crippen molar-refractivity contribution in [2.24, 2.45) is 5.92 Å². The van der Waals surface area contributed by atoms with Crippen LogP contribution in [-0.2, 0) is 6.42 Å². The third kappa shape index (κ3) is 5.33. The summed E-state index contributed by atoms with van der Waals surface area (Å²) in [6, 6.07) is 4.74. The Morgan fingerprint density at radius 1 is 1.40 bits per heavy atom. The summed E-state index contributed by atoms with van der Waals surface area (Å²) >= 11 is 1.42. The van der Waals surface area contributed by atoms with E-state index in [0.717, 1.165) is 16.1 Å². The van der Waals surface area contributed by atoms with Gasteiger partial charge in [0.2, 0.25) is 0 Å². The number of phenols is 1. The Morgan fingerprint density at radius 3 is 2.72 bits per heavy atom. The molecule has 0 saturated heterocycles. The first-order valence-electron chi connectivity index (χ1n) is 7.88. The molecule has 0 aliphatic carbocycles. The van der Waals surface area contributed by atoms with Crippen LogP contribution in [0.5, 0.6) is 11.5 Å². The molecule has 0 aliphatic heterocycles. The van der Waals surface area contributed by atoms with Crippen LogP contribution in [0.2, 0.25) is 0 Å². The van der Waals surface area contributed by atoms with E-state index in [1.54, 1.807) is 12.1 Å². The zero-order valence-corrected chi connectivity index (χ0v) is 15.3. The number of thiazole rings is 1. The van der Waals surface area contributed by atoms with Gasteiger partial charge < -0.3 is 20.3 Å². The molecular formula is C17H23N3O4S. The number of phenolic OH excluding ortho intramolecular Hbond substituents is 1. The number of anilines is 1. The molecule has 2 amide bonds. The predicted molar refractivity (Wildman–Crippen MR) is 97.5 cm³/mol. The van der Waals surface area contributed by atoms with Crippen molar-refractivity contribution in [2.75, 3.05) is 25.6 Å². The third-order valence-electron chi connectivity index (χ3n) is 3.83. The van der Waals surface area contributed by atoms with Gasteiger partial charge in [0.1, 0.15) is 0 Å². The van der Waals surface area contributed by atoms with E-state index in [0.29, 0.717) is 23.8 Å². The number of aromatic nitrogens is 1. The number of hydrogen-bond donors (Lipinski definition) is 4. The fourth-order valence-corrected chi connectivity index (χ4v) is 3.11. The van der Waals surface area contributed by atoms with Gasteiger partial charge in [-0.25, -0.2) is 9.78 Å². The molecular weight excluding hydrogens is 342 g/mol. The SMILES string of the molecule is COc1ccc(CC(CO)CNC(=O)Nc2nc(C)c(C)s2)cc1O. The average Bonchev–Trinajstić information content (AvgIpc) is 2.89. The highest BCUT2D eigenvalue weighted by Gasteiger charge is 2.13. The van der Waals surface area contributed by atoms with Crippen molar-refractivity contribution in [1.29, 1.82) is 0 Å². The zero-order chi connectivity index (χ0) is 18.4. The molecule has 1 unspecified atom stereocenters. The number of carbonyl (C=O) groups is 1. The molecule has 7 nitrogen and oxygen atoms in total. The maximum absolute atomic E-state index is 11.9. The van der Waals surface area contributed by atoms with Crippen LogP contribution in [0.4, 0.5) is 9.93 Å². The van der Waals surface area contributed by atoms with Crippen LogP contribution in [0.3, 0.4) is 0 Å². The Balaban J connectivity index is 1.86. The number of nitrogens with one attached hydrogen (secondary N) is 2. The monoisotopic (exact) mass is 365 g/mol. The lowest BCUT2D eigenvalue weighted by molar-refractivity contribution is 0.218. The van der Waals surface area contributed by atoms with Crippen molar-refractivity contribution in [3.8, 4) is 11.5 Å². The number of nitrogens with zero attached hydrogens (tertiary/aromatic N) is 1. The molecule has 0 radical (unpaired) electrons. The van der Waals surface area contributed by atoms with E-state index in [1.165, 1.54) is 18.4 Å². The first kappa shape index (κ1) is 19.0. The van der Waals surface area contributed by atoms with E-state index >= 15 is 0 Å². The minimum Gasteiger partial charge on any atom is -0.504 e. The van der Waals surface area contributed by atoms with Crippen LogP contribution in [-0.4, -0.2) is 41.5 Å². The van der Waals surface area contributed by atoms with Gasteiger partial charge in [0, 0.05) is 23.9 Å². The van der Waals surface area contributed by atoms with Gasteiger partial charge in [-0.1, -0.05) is 6.07 Å². The quantitative estimate of drug-likeness (QED) is 0.603. The number of amides is 2. The van der Waals surface area contributed by atoms with Crippen molar-refractivity contribution in [1.82, 2.24) is 10.3 Å². The number of ether oxygens (including phenoxy) is 1. The van der Waals surface area contributed by atoms with Crippen molar-refractivity contribution in [3.05, 3.63) is 34.3 Å². The molecule has 1 atom stereocenters. The van der Waals surface area contributed by atoms with Crippen molar-refractivity contribution < 1.29 is 19.7 Å². The topological polar surface area (TPSA) is 104 Å². The van der Waals surface area contributed by atoms with Crippen LogP contribution in [0.15, 0.2) is 18.2 Å². The lowest BCUT2D eigenvalue weighted by Crippen LogP contribution is -2.34. The summed E-state index contributed by atoms with van der Waals surface area (Å²) < 4.78 is 5.01. The molecule has 2 rings (SSSR count). The number of aliphatic hydroxyl groups excluding tert-OH is 1. The fraction of sp³-hybridized carbons (Fsp3) is 0.412.